The molecule has 0 saturated carbocycles. The molecule has 1 fully saturated rings. The highest BCUT2D eigenvalue weighted by Crippen LogP contribution is 2.19. The molecule has 0 aromatic heterocycles. The molecule has 23 heavy (non-hydrogen) atoms. The van der Waals surface area contributed by atoms with Crippen LogP contribution in [0.5, 0.6) is 5.75 Å². The second-order valence-corrected chi connectivity index (χ2v) is 6.26. The van der Waals surface area contributed by atoms with Gasteiger partial charge in [-0.3, -0.25) is 4.90 Å². The van der Waals surface area contributed by atoms with E-state index in [4.69, 9.17) is 4.74 Å². The average Bonchev–Trinajstić information content (AvgIpc) is 2.59. The van der Waals surface area contributed by atoms with E-state index in [1.165, 1.54) is 37.0 Å². The summed E-state index contributed by atoms with van der Waals surface area (Å²) in [6.45, 7) is 4.38. The van der Waals surface area contributed by atoms with E-state index in [1.54, 1.807) is 0 Å². The van der Waals surface area contributed by atoms with Crippen LogP contribution in [0.4, 0.5) is 4.39 Å². The molecular formula is C20H24FNO. The number of piperidine rings is 1. The molecule has 0 radical (unpaired) electrons. The van der Waals surface area contributed by atoms with Crippen molar-refractivity contribution in [3.8, 4) is 5.75 Å². The van der Waals surface area contributed by atoms with Gasteiger partial charge in [0.15, 0.2) is 0 Å². The summed E-state index contributed by atoms with van der Waals surface area (Å²) in [6.07, 6.45) is 4.80. The smallest absolute Gasteiger partial charge is 0.149 e. The zero-order valence-corrected chi connectivity index (χ0v) is 13.7. The van der Waals surface area contributed by atoms with Crippen LogP contribution >= 0.6 is 0 Å². The molecule has 122 valence electrons. The van der Waals surface area contributed by atoms with E-state index in [0.717, 1.165) is 30.8 Å². The van der Waals surface area contributed by atoms with Gasteiger partial charge in [-0.15, -0.1) is 0 Å². The molecule has 2 aromatic rings. The van der Waals surface area contributed by atoms with Crippen molar-refractivity contribution >= 4 is 0 Å². The first kappa shape index (κ1) is 16.0. The van der Waals surface area contributed by atoms with E-state index in [0.29, 0.717) is 0 Å². The van der Waals surface area contributed by atoms with E-state index in [1.807, 2.05) is 24.3 Å². The average molecular weight is 313 g/mol. The lowest BCUT2D eigenvalue weighted by molar-refractivity contribution is 0.0262. The lowest BCUT2D eigenvalue weighted by atomic mass is 10.1. The van der Waals surface area contributed by atoms with Crippen molar-refractivity contribution in [1.29, 1.82) is 0 Å². The Morgan fingerprint density at radius 1 is 0.913 bits per heavy atom. The van der Waals surface area contributed by atoms with Crippen LogP contribution in [0.15, 0.2) is 48.5 Å². The SMILES string of the molecule is CC(Oc1ccc(Cc2ccc(F)cc2)cc1)N1CCCCC1. The lowest BCUT2D eigenvalue weighted by Gasteiger charge is -2.32. The van der Waals surface area contributed by atoms with E-state index >= 15 is 0 Å². The third kappa shape index (κ3) is 4.55. The zero-order valence-electron chi connectivity index (χ0n) is 13.7. The molecule has 1 aliphatic heterocycles. The maximum atomic E-state index is 12.9. The standard InChI is InChI=1S/C20H24FNO/c1-16(22-13-3-2-4-14-22)23-20-11-7-18(8-12-20)15-17-5-9-19(21)10-6-17/h5-12,16H,2-4,13-15H2,1H3. The molecule has 0 spiro atoms. The predicted octanol–water partition coefficient (Wildman–Crippen LogP) is 4.63. The first-order chi connectivity index (χ1) is 11.2. The molecule has 0 amide bonds. The summed E-state index contributed by atoms with van der Waals surface area (Å²) in [5.74, 6) is 0.718. The van der Waals surface area contributed by atoms with Gasteiger partial charge >= 0.3 is 0 Å². The van der Waals surface area contributed by atoms with Gasteiger partial charge in [0.1, 0.15) is 17.8 Å². The van der Waals surface area contributed by atoms with Gasteiger partial charge in [-0.2, -0.15) is 0 Å². The Labute approximate surface area is 137 Å². The molecule has 2 aromatic carbocycles. The lowest BCUT2D eigenvalue weighted by Crippen LogP contribution is -2.40. The van der Waals surface area contributed by atoms with Crippen molar-refractivity contribution < 1.29 is 9.13 Å². The summed E-state index contributed by atoms with van der Waals surface area (Å²) in [4.78, 5) is 2.40. The second kappa shape index (κ2) is 7.60. The number of halogens is 1. The molecule has 3 heteroatoms. The number of nitrogens with zero attached hydrogens (tertiary/aromatic N) is 1. The van der Waals surface area contributed by atoms with Crippen LogP contribution in [0.2, 0.25) is 0 Å². The van der Waals surface area contributed by atoms with Gasteiger partial charge < -0.3 is 4.74 Å². The minimum absolute atomic E-state index is 0.123. The molecule has 1 saturated heterocycles. The van der Waals surface area contributed by atoms with Crippen LogP contribution < -0.4 is 4.74 Å². The third-order valence-corrected chi connectivity index (χ3v) is 4.46. The van der Waals surface area contributed by atoms with E-state index in [-0.39, 0.29) is 12.0 Å². The van der Waals surface area contributed by atoms with Gasteiger partial charge in [0.2, 0.25) is 0 Å². The van der Waals surface area contributed by atoms with Crippen molar-refractivity contribution in [2.75, 3.05) is 13.1 Å². The number of hydrogen-bond acceptors (Lipinski definition) is 2. The summed E-state index contributed by atoms with van der Waals surface area (Å²) >= 11 is 0. The Morgan fingerprint density at radius 2 is 1.48 bits per heavy atom. The molecule has 0 aliphatic carbocycles. The highest BCUT2D eigenvalue weighted by molar-refractivity contribution is 5.31. The van der Waals surface area contributed by atoms with E-state index < -0.39 is 0 Å². The van der Waals surface area contributed by atoms with Crippen LogP contribution in [0, 0.1) is 5.82 Å². The molecule has 1 aliphatic rings. The fraction of sp³-hybridized carbons (Fsp3) is 0.400. The summed E-state index contributed by atoms with van der Waals surface area (Å²) in [7, 11) is 0. The van der Waals surface area contributed by atoms with E-state index in [9.17, 15) is 4.39 Å². The van der Waals surface area contributed by atoms with Gasteiger partial charge in [0, 0.05) is 13.1 Å². The van der Waals surface area contributed by atoms with E-state index in [2.05, 4.69) is 24.0 Å². The maximum absolute atomic E-state index is 12.9. The second-order valence-electron chi connectivity index (χ2n) is 6.26. The van der Waals surface area contributed by atoms with Crippen LogP contribution in [-0.4, -0.2) is 24.2 Å². The predicted molar refractivity (Wildman–Crippen MR) is 91.2 cm³/mol. The number of likely N-dealkylation sites (tertiary alicyclic amines) is 1. The molecule has 3 rings (SSSR count). The monoisotopic (exact) mass is 313 g/mol. The molecule has 1 atom stereocenters. The Bertz CT molecular complexity index is 603. The summed E-state index contributed by atoms with van der Waals surface area (Å²) in [6, 6.07) is 14.9. The van der Waals surface area contributed by atoms with Crippen molar-refractivity contribution in [2.45, 2.75) is 38.8 Å². The molecule has 1 heterocycles. The van der Waals surface area contributed by atoms with Crippen LogP contribution in [0.25, 0.3) is 0 Å². The molecule has 0 N–H and O–H groups in total. The highest BCUT2D eigenvalue weighted by Gasteiger charge is 2.17. The maximum Gasteiger partial charge on any atom is 0.149 e. The summed E-state index contributed by atoms with van der Waals surface area (Å²) in [5.41, 5.74) is 2.32. The van der Waals surface area contributed by atoms with Crippen LogP contribution in [0.3, 0.4) is 0 Å². The van der Waals surface area contributed by atoms with Gasteiger partial charge in [0.05, 0.1) is 0 Å². The minimum Gasteiger partial charge on any atom is -0.475 e. The van der Waals surface area contributed by atoms with Gasteiger partial charge in [-0.1, -0.05) is 30.7 Å². The largest absolute Gasteiger partial charge is 0.475 e. The number of benzene rings is 2. The summed E-state index contributed by atoms with van der Waals surface area (Å²) in [5, 5.41) is 0. The van der Waals surface area contributed by atoms with Crippen LogP contribution in [-0.2, 0) is 6.42 Å². The molecular weight excluding hydrogens is 289 g/mol. The zero-order chi connectivity index (χ0) is 16.1. The molecule has 1 unspecified atom stereocenters. The van der Waals surface area contributed by atoms with Gasteiger partial charge in [-0.05, 0) is 61.6 Å². The Kier molecular flexibility index (Phi) is 5.29. The molecule has 0 bridgehead atoms. The van der Waals surface area contributed by atoms with Crippen molar-refractivity contribution in [2.24, 2.45) is 0 Å². The Balaban J connectivity index is 1.57. The highest BCUT2D eigenvalue weighted by atomic mass is 19.1. The van der Waals surface area contributed by atoms with Crippen molar-refractivity contribution in [3.63, 3.8) is 0 Å². The summed E-state index contributed by atoms with van der Waals surface area (Å²) < 4.78 is 19.0. The molecule has 2 nitrogen and oxygen atoms in total. The Morgan fingerprint density at radius 3 is 2.09 bits per heavy atom. The normalized spacial score (nSPS) is 17.0. The first-order valence-electron chi connectivity index (χ1n) is 8.45. The van der Waals surface area contributed by atoms with Crippen molar-refractivity contribution in [1.82, 2.24) is 4.90 Å². The van der Waals surface area contributed by atoms with Crippen LogP contribution in [0.1, 0.15) is 37.3 Å². The fourth-order valence-electron chi connectivity index (χ4n) is 3.08. The number of ether oxygens (including phenoxy) is 1. The quantitative estimate of drug-likeness (QED) is 0.798. The Hall–Kier alpha value is -1.87. The minimum atomic E-state index is -0.191. The van der Waals surface area contributed by atoms with Gasteiger partial charge in [0.25, 0.3) is 0 Å². The van der Waals surface area contributed by atoms with Gasteiger partial charge in [-0.25, -0.2) is 4.39 Å². The number of rotatable bonds is 5. The third-order valence-electron chi connectivity index (χ3n) is 4.46. The first-order valence-corrected chi connectivity index (χ1v) is 8.45. The van der Waals surface area contributed by atoms with Crippen molar-refractivity contribution in [3.05, 3.63) is 65.5 Å². The topological polar surface area (TPSA) is 12.5 Å². The number of hydrogen-bond donors (Lipinski definition) is 0. The fourth-order valence-corrected chi connectivity index (χ4v) is 3.08.